The summed E-state index contributed by atoms with van der Waals surface area (Å²) >= 11 is 0. The van der Waals surface area contributed by atoms with Crippen molar-refractivity contribution in [2.24, 2.45) is 0 Å². The molecule has 7 heteroatoms. The number of ether oxygens (including phenoxy) is 1. The topological polar surface area (TPSA) is 93.6 Å². The fourth-order valence-corrected chi connectivity index (χ4v) is 3.56. The first-order chi connectivity index (χ1) is 14.0. The number of hydrogen-bond acceptors (Lipinski definition) is 5. The van der Waals surface area contributed by atoms with E-state index in [9.17, 15) is 18.3 Å². The number of rotatable bonds is 5. The van der Waals surface area contributed by atoms with Crippen LogP contribution in [0.5, 0.6) is 11.5 Å². The van der Waals surface area contributed by atoms with E-state index in [-0.39, 0.29) is 10.5 Å². The number of aromatic nitrogens is 1. The van der Waals surface area contributed by atoms with Crippen LogP contribution in [0, 0.1) is 0 Å². The smallest absolute Gasteiger partial charge is 0.337 e. The molecule has 0 unspecified atom stereocenters. The van der Waals surface area contributed by atoms with E-state index in [2.05, 4.69) is 4.98 Å². The summed E-state index contributed by atoms with van der Waals surface area (Å²) in [6.45, 7) is 0. The molecule has 4 aromatic rings. The third-order valence-corrected chi connectivity index (χ3v) is 5.11. The second kappa shape index (κ2) is 7.73. The average Bonchev–Trinajstić information content (AvgIpc) is 2.73. The number of benzene rings is 3. The molecule has 0 saturated heterocycles. The van der Waals surface area contributed by atoms with Gasteiger partial charge in [-0.25, -0.2) is 13.2 Å². The van der Waals surface area contributed by atoms with Gasteiger partial charge in [0.05, 0.1) is 16.0 Å². The minimum Gasteiger partial charge on any atom is -0.478 e. The van der Waals surface area contributed by atoms with Crippen LogP contribution in [0.2, 0.25) is 0 Å². The highest BCUT2D eigenvalue weighted by atomic mass is 32.2. The molecule has 4 rings (SSSR count). The molecule has 0 radical (unpaired) electrons. The molecular formula is C22H15NO5S. The summed E-state index contributed by atoms with van der Waals surface area (Å²) in [6.07, 6.45) is 1.58. The fourth-order valence-electron chi connectivity index (χ4n) is 3.12. The second-order valence-electron chi connectivity index (χ2n) is 6.25. The third-order valence-electron chi connectivity index (χ3n) is 4.41. The molecule has 0 bridgehead atoms. The van der Waals surface area contributed by atoms with Crippen molar-refractivity contribution in [2.75, 3.05) is 0 Å². The summed E-state index contributed by atoms with van der Waals surface area (Å²) in [6, 6.07) is 20.4. The lowest BCUT2D eigenvalue weighted by molar-refractivity contribution is 0.0699. The molecule has 0 spiro atoms. The number of pyridine rings is 1. The van der Waals surface area contributed by atoms with E-state index in [0.29, 0.717) is 17.0 Å². The van der Waals surface area contributed by atoms with Crippen molar-refractivity contribution in [3.8, 4) is 22.6 Å². The molecule has 0 fully saturated rings. The van der Waals surface area contributed by atoms with Gasteiger partial charge in [-0.3, -0.25) is 4.98 Å². The molecule has 0 aliphatic heterocycles. The van der Waals surface area contributed by atoms with Crippen LogP contribution in [-0.4, -0.2) is 24.5 Å². The summed E-state index contributed by atoms with van der Waals surface area (Å²) in [4.78, 5) is 15.9. The van der Waals surface area contributed by atoms with E-state index in [1.165, 1.54) is 18.2 Å². The maximum atomic E-state index is 11.5. The summed E-state index contributed by atoms with van der Waals surface area (Å²) in [7, 11) is -2.69. The van der Waals surface area contributed by atoms with E-state index < -0.39 is 16.7 Å². The molecule has 0 aliphatic rings. The number of nitrogens with zero attached hydrogens (tertiary/aromatic N) is 1. The van der Waals surface area contributed by atoms with E-state index >= 15 is 0 Å². The first-order valence-corrected chi connectivity index (χ1v) is 9.84. The van der Waals surface area contributed by atoms with Crippen molar-refractivity contribution in [1.29, 1.82) is 0 Å². The number of carbonyl (C=O) groups is 1. The van der Waals surface area contributed by atoms with Crippen LogP contribution in [0.1, 0.15) is 10.4 Å². The average molecular weight is 405 g/mol. The summed E-state index contributed by atoms with van der Waals surface area (Å²) in [5, 5.41) is 10.1. The van der Waals surface area contributed by atoms with Gasteiger partial charge in [0, 0.05) is 11.6 Å². The van der Waals surface area contributed by atoms with Crippen LogP contribution in [0.4, 0.5) is 0 Å². The van der Waals surface area contributed by atoms with Crippen LogP contribution >= 0.6 is 0 Å². The Morgan fingerprint density at radius 3 is 2.38 bits per heavy atom. The highest BCUT2D eigenvalue weighted by Gasteiger charge is 2.13. The second-order valence-corrected chi connectivity index (χ2v) is 7.28. The molecule has 1 N–H and O–H groups in total. The van der Waals surface area contributed by atoms with Crippen molar-refractivity contribution in [3.05, 3.63) is 84.6 Å². The Morgan fingerprint density at radius 1 is 0.897 bits per heavy atom. The van der Waals surface area contributed by atoms with Gasteiger partial charge in [0.15, 0.2) is 10.7 Å². The van der Waals surface area contributed by atoms with Gasteiger partial charge < -0.3 is 9.84 Å². The highest BCUT2D eigenvalue weighted by molar-refractivity contribution is 7.72. The molecular weight excluding hydrogens is 390 g/mol. The molecule has 1 heterocycles. The Morgan fingerprint density at radius 2 is 1.62 bits per heavy atom. The lowest BCUT2D eigenvalue weighted by atomic mass is 9.99. The lowest BCUT2D eigenvalue weighted by Gasteiger charge is -2.11. The molecule has 0 amide bonds. The number of hydrogen-bond donors (Lipinski definition) is 2. The van der Waals surface area contributed by atoms with Gasteiger partial charge in [-0.05, 0) is 53.6 Å². The van der Waals surface area contributed by atoms with Gasteiger partial charge in [-0.1, -0.05) is 30.3 Å². The van der Waals surface area contributed by atoms with Crippen molar-refractivity contribution >= 4 is 27.6 Å². The standard InChI is InChI=1S/C22H15NO5S/c24-22(25)20-9-3-8-19-18(10-11-23-21(19)20)14-4-1-5-15(12-14)28-16-6-2-7-17(13-16)29(26)27/h1-13,29H,(H,24,25). The predicted molar refractivity (Wildman–Crippen MR) is 109 cm³/mol. The van der Waals surface area contributed by atoms with Crippen LogP contribution in [0.15, 0.2) is 83.9 Å². The maximum absolute atomic E-state index is 11.5. The van der Waals surface area contributed by atoms with Gasteiger partial charge in [0.1, 0.15) is 11.5 Å². The quantitative estimate of drug-likeness (QED) is 0.479. The number of carboxylic acids is 1. The van der Waals surface area contributed by atoms with Crippen molar-refractivity contribution < 1.29 is 23.1 Å². The highest BCUT2D eigenvalue weighted by Crippen LogP contribution is 2.32. The van der Waals surface area contributed by atoms with Gasteiger partial charge in [0.25, 0.3) is 0 Å². The van der Waals surface area contributed by atoms with Crippen LogP contribution in [-0.2, 0) is 10.7 Å². The summed E-state index contributed by atoms with van der Waals surface area (Å²) in [5.74, 6) is -0.0966. The normalized spacial score (nSPS) is 10.9. The fraction of sp³-hybridized carbons (Fsp3) is 0. The molecule has 0 aliphatic carbocycles. The monoisotopic (exact) mass is 405 g/mol. The van der Waals surface area contributed by atoms with E-state index in [4.69, 9.17) is 4.74 Å². The van der Waals surface area contributed by atoms with Crippen LogP contribution in [0.25, 0.3) is 22.0 Å². The molecule has 144 valence electrons. The third kappa shape index (κ3) is 3.81. The molecule has 1 aromatic heterocycles. The van der Waals surface area contributed by atoms with Crippen molar-refractivity contribution in [3.63, 3.8) is 0 Å². The predicted octanol–water partition coefficient (Wildman–Crippen LogP) is 4.36. The Kier molecular flexibility index (Phi) is 4.97. The number of fused-ring (bicyclic) bond motifs is 1. The first-order valence-electron chi connectivity index (χ1n) is 8.67. The molecule has 0 saturated carbocycles. The zero-order valence-corrected chi connectivity index (χ0v) is 15.9. The minimum absolute atomic E-state index is 0.139. The Labute approximate surface area is 168 Å². The molecule has 3 aromatic carbocycles. The maximum Gasteiger partial charge on any atom is 0.337 e. The molecule has 0 atom stereocenters. The van der Waals surface area contributed by atoms with E-state index in [0.717, 1.165) is 16.5 Å². The molecule has 6 nitrogen and oxygen atoms in total. The number of thiol groups is 1. The summed E-state index contributed by atoms with van der Waals surface area (Å²) < 4.78 is 28.2. The Balaban J connectivity index is 1.76. The van der Waals surface area contributed by atoms with Crippen LogP contribution in [0.3, 0.4) is 0 Å². The lowest BCUT2D eigenvalue weighted by Crippen LogP contribution is -1.99. The van der Waals surface area contributed by atoms with Gasteiger partial charge in [-0.2, -0.15) is 0 Å². The Hall–Kier alpha value is -3.71. The van der Waals surface area contributed by atoms with Crippen molar-refractivity contribution in [2.45, 2.75) is 4.90 Å². The van der Waals surface area contributed by atoms with Crippen molar-refractivity contribution in [1.82, 2.24) is 4.98 Å². The van der Waals surface area contributed by atoms with Gasteiger partial charge in [-0.15, -0.1) is 0 Å². The van der Waals surface area contributed by atoms with Crippen LogP contribution < -0.4 is 4.74 Å². The Bertz CT molecular complexity index is 1310. The van der Waals surface area contributed by atoms with E-state index in [1.807, 2.05) is 30.3 Å². The molecule has 29 heavy (non-hydrogen) atoms. The largest absolute Gasteiger partial charge is 0.478 e. The first kappa shape index (κ1) is 18.6. The zero-order valence-electron chi connectivity index (χ0n) is 15.0. The minimum atomic E-state index is -2.69. The number of aromatic carboxylic acids is 1. The number of carboxylic acid groups (broad SMARTS) is 1. The number of para-hydroxylation sites is 1. The van der Waals surface area contributed by atoms with Gasteiger partial charge >= 0.3 is 5.97 Å². The zero-order chi connectivity index (χ0) is 20.4. The summed E-state index contributed by atoms with van der Waals surface area (Å²) in [5.41, 5.74) is 2.19. The van der Waals surface area contributed by atoms with E-state index in [1.54, 1.807) is 30.5 Å². The van der Waals surface area contributed by atoms with Gasteiger partial charge in [0.2, 0.25) is 0 Å². The SMILES string of the molecule is O=C(O)c1cccc2c(-c3cccc(Oc4cccc([SH](=O)=O)c4)c3)ccnc12.